The predicted molar refractivity (Wildman–Crippen MR) is 74.6 cm³/mol. The van der Waals surface area contributed by atoms with Crippen molar-refractivity contribution in [2.45, 2.75) is 38.3 Å². The largest absolute Gasteiger partial charge is 0.433 e. The summed E-state index contributed by atoms with van der Waals surface area (Å²) >= 11 is 0. The first-order valence-electron chi connectivity index (χ1n) is 6.39. The summed E-state index contributed by atoms with van der Waals surface area (Å²) in [6.45, 7) is 4.99. The Kier molecular flexibility index (Phi) is 6.18. The second-order valence-electron chi connectivity index (χ2n) is 4.81. The second-order valence-corrected chi connectivity index (χ2v) is 4.81. The highest BCUT2D eigenvalue weighted by molar-refractivity contribution is 5.85. The average Bonchev–Trinajstić information content (AvgIpc) is 2.37. The quantitative estimate of drug-likeness (QED) is 0.891. The fraction of sp³-hybridized carbons (Fsp3) is 0.667. The van der Waals surface area contributed by atoms with E-state index in [9.17, 15) is 13.2 Å². The number of halogens is 4. The molecular formula is C12H18ClF3N4O. The minimum Gasteiger partial charge on any atom is -0.373 e. The number of alkyl halides is 3. The van der Waals surface area contributed by atoms with Crippen LogP contribution in [0.2, 0.25) is 0 Å². The summed E-state index contributed by atoms with van der Waals surface area (Å²) in [5, 5.41) is 6.08. The molecule has 0 amide bonds. The Morgan fingerprint density at radius 1 is 1.43 bits per heavy atom. The number of hydrogen-bond donors (Lipinski definition) is 2. The molecule has 1 aliphatic rings. The van der Waals surface area contributed by atoms with Crippen LogP contribution in [0, 0.1) is 0 Å². The lowest BCUT2D eigenvalue weighted by molar-refractivity contribution is -0.141. The van der Waals surface area contributed by atoms with Crippen LogP contribution in [-0.4, -0.2) is 41.3 Å². The molecule has 0 radical (unpaired) electrons. The second kappa shape index (κ2) is 7.24. The molecule has 0 aliphatic carbocycles. The van der Waals surface area contributed by atoms with Gasteiger partial charge in [-0.1, -0.05) is 0 Å². The monoisotopic (exact) mass is 326 g/mol. The SMILES string of the molecule is C[C@@H]1O[C@@H](C)CN[C@@H]1CNc1nccc(C(F)(F)F)n1.Cl. The Balaban J connectivity index is 0.00000220. The average molecular weight is 327 g/mol. The maximum atomic E-state index is 12.5. The Bertz CT molecular complexity index is 460. The normalized spacial score (nSPS) is 26.0. The van der Waals surface area contributed by atoms with Crippen molar-refractivity contribution in [3.63, 3.8) is 0 Å². The maximum Gasteiger partial charge on any atom is 0.433 e. The van der Waals surface area contributed by atoms with Crippen LogP contribution < -0.4 is 10.6 Å². The van der Waals surface area contributed by atoms with Crippen LogP contribution in [0.1, 0.15) is 19.5 Å². The smallest absolute Gasteiger partial charge is 0.373 e. The van der Waals surface area contributed by atoms with E-state index in [0.29, 0.717) is 13.1 Å². The first-order chi connectivity index (χ1) is 9.36. The zero-order valence-corrected chi connectivity index (χ0v) is 12.5. The van der Waals surface area contributed by atoms with Gasteiger partial charge in [-0.05, 0) is 19.9 Å². The summed E-state index contributed by atoms with van der Waals surface area (Å²) in [7, 11) is 0. The Hall–Kier alpha value is -1.12. The van der Waals surface area contributed by atoms with Crippen molar-refractivity contribution in [1.82, 2.24) is 15.3 Å². The van der Waals surface area contributed by atoms with Crippen LogP contribution in [0.15, 0.2) is 12.3 Å². The van der Waals surface area contributed by atoms with Crippen molar-refractivity contribution in [3.05, 3.63) is 18.0 Å². The van der Waals surface area contributed by atoms with Crippen molar-refractivity contribution < 1.29 is 17.9 Å². The third-order valence-electron chi connectivity index (χ3n) is 3.11. The zero-order valence-electron chi connectivity index (χ0n) is 11.6. The zero-order chi connectivity index (χ0) is 14.8. The van der Waals surface area contributed by atoms with E-state index in [1.54, 1.807) is 0 Å². The third-order valence-corrected chi connectivity index (χ3v) is 3.11. The van der Waals surface area contributed by atoms with Gasteiger partial charge >= 0.3 is 6.18 Å². The van der Waals surface area contributed by atoms with Gasteiger partial charge in [0.15, 0.2) is 0 Å². The molecule has 9 heteroatoms. The molecular weight excluding hydrogens is 309 g/mol. The lowest BCUT2D eigenvalue weighted by Gasteiger charge is -2.34. The van der Waals surface area contributed by atoms with Gasteiger partial charge in [0, 0.05) is 19.3 Å². The lowest BCUT2D eigenvalue weighted by atomic mass is 10.1. The summed E-state index contributed by atoms with van der Waals surface area (Å²) in [5.74, 6) is -0.0348. The van der Waals surface area contributed by atoms with E-state index in [1.807, 2.05) is 13.8 Å². The van der Waals surface area contributed by atoms with Crippen molar-refractivity contribution in [1.29, 1.82) is 0 Å². The Morgan fingerprint density at radius 3 is 2.76 bits per heavy atom. The molecule has 0 spiro atoms. The number of morpholine rings is 1. The van der Waals surface area contributed by atoms with Gasteiger partial charge in [0.25, 0.3) is 0 Å². The molecule has 3 atom stereocenters. The minimum absolute atomic E-state index is 0. The van der Waals surface area contributed by atoms with Crippen LogP contribution >= 0.6 is 12.4 Å². The summed E-state index contributed by atoms with van der Waals surface area (Å²) in [6, 6.07) is 0.849. The van der Waals surface area contributed by atoms with Crippen molar-refractivity contribution >= 4 is 18.4 Å². The van der Waals surface area contributed by atoms with Crippen LogP contribution in [0.4, 0.5) is 19.1 Å². The maximum absolute atomic E-state index is 12.5. The van der Waals surface area contributed by atoms with Gasteiger partial charge in [-0.3, -0.25) is 0 Å². The summed E-state index contributed by atoms with van der Waals surface area (Å²) in [5.41, 5.74) is -0.954. The fourth-order valence-corrected chi connectivity index (χ4v) is 2.03. The van der Waals surface area contributed by atoms with Gasteiger partial charge in [-0.2, -0.15) is 13.2 Å². The van der Waals surface area contributed by atoms with Crippen molar-refractivity contribution in [2.75, 3.05) is 18.4 Å². The number of aromatic nitrogens is 2. The van der Waals surface area contributed by atoms with Crippen molar-refractivity contribution in [2.24, 2.45) is 0 Å². The van der Waals surface area contributed by atoms with Gasteiger partial charge in [-0.25, -0.2) is 9.97 Å². The van der Waals surface area contributed by atoms with Crippen LogP contribution in [-0.2, 0) is 10.9 Å². The first-order valence-corrected chi connectivity index (χ1v) is 6.39. The molecule has 0 unspecified atom stereocenters. The molecule has 1 aromatic rings. The number of rotatable bonds is 3. The topological polar surface area (TPSA) is 59.1 Å². The van der Waals surface area contributed by atoms with E-state index in [0.717, 1.165) is 12.3 Å². The van der Waals surface area contributed by atoms with Crippen LogP contribution in [0.3, 0.4) is 0 Å². The number of hydrogen-bond acceptors (Lipinski definition) is 5. The molecule has 1 aliphatic heterocycles. The van der Waals surface area contributed by atoms with Gasteiger partial charge in [0.05, 0.1) is 18.2 Å². The molecule has 2 heterocycles. The predicted octanol–water partition coefficient (Wildman–Crippen LogP) is 2.09. The molecule has 2 rings (SSSR count). The number of anilines is 1. The third kappa shape index (κ3) is 4.98. The molecule has 0 aromatic carbocycles. The van der Waals surface area contributed by atoms with E-state index in [2.05, 4.69) is 20.6 Å². The number of nitrogens with one attached hydrogen (secondary N) is 2. The van der Waals surface area contributed by atoms with E-state index >= 15 is 0 Å². The summed E-state index contributed by atoms with van der Waals surface area (Å²) < 4.78 is 43.2. The van der Waals surface area contributed by atoms with E-state index in [4.69, 9.17) is 4.74 Å². The highest BCUT2D eigenvalue weighted by Crippen LogP contribution is 2.27. The molecule has 0 bridgehead atoms. The standard InChI is InChI=1S/C12H17F3N4O.ClH/c1-7-5-17-9(8(2)20-7)6-18-11-16-4-3-10(19-11)12(13,14)15;/h3-4,7-9,17H,5-6H2,1-2H3,(H,16,18,19);1H/t7-,8-,9+;/m0./s1. The van der Waals surface area contributed by atoms with E-state index in [1.165, 1.54) is 0 Å². The molecule has 21 heavy (non-hydrogen) atoms. The minimum atomic E-state index is -4.46. The van der Waals surface area contributed by atoms with E-state index < -0.39 is 11.9 Å². The lowest BCUT2D eigenvalue weighted by Crippen LogP contribution is -2.53. The molecule has 120 valence electrons. The van der Waals surface area contributed by atoms with Gasteiger partial charge in [0.1, 0.15) is 5.69 Å². The van der Waals surface area contributed by atoms with Crippen LogP contribution in [0.25, 0.3) is 0 Å². The molecule has 1 saturated heterocycles. The number of nitrogens with zero attached hydrogens (tertiary/aromatic N) is 2. The van der Waals surface area contributed by atoms with Crippen LogP contribution in [0.5, 0.6) is 0 Å². The van der Waals surface area contributed by atoms with E-state index in [-0.39, 0.29) is 36.6 Å². The van der Waals surface area contributed by atoms with Gasteiger partial charge in [0.2, 0.25) is 5.95 Å². The summed E-state index contributed by atoms with van der Waals surface area (Å²) in [6.07, 6.45) is -3.27. The highest BCUT2D eigenvalue weighted by atomic mass is 35.5. The first kappa shape index (κ1) is 17.9. The molecule has 1 fully saturated rings. The Labute approximate surface area is 127 Å². The van der Waals surface area contributed by atoms with Crippen molar-refractivity contribution in [3.8, 4) is 0 Å². The fourth-order valence-electron chi connectivity index (χ4n) is 2.03. The molecule has 1 aromatic heterocycles. The van der Waals surface area contributed by atoms with Gasteiger partial charge in [-0.15, -0.1) is 12.4 Å². The molecule has 2 N–H and O–H groups in total. The molecule has 5 nitrogen and oxygen atoms in total. The highest BCUT2D eigenvalue weighted by Gasteiger charge is 2.33. The molecule has 0 saturated carbocycles. The van der Waals surface area contributed by atoms with Gasteiger partial charge < -0.3 is 15.4 Å². The Morgan fingerprint density at radius 2 is 2.14 bits per heavy atom. The summed E-state index contributed by atoms with van der Waals surface area (Å²) in [4.78, 5) is 7.24. The number of ether oxygens (including phenoxy) is 1.